The SMILES string of the molecule is CCOc1ccc(C(NC)c2ccc(Br)cn2)cc1. The van der Waals surface area contributed by atoms with Crippen LogP contribution in [0.2, 0.25) is 0 Å². The fraction of sp³-hybridized carbons (Fsp3) is 0.267. The molecule has 19 heavy (non-hydrogen) atoms. The van der Waals surface area contributed by atoms with Crippen LogP contribution in [0.15, 0.2) is 47.1 Å². The number of hydrogen-bond acceptors (Lipinski definition) is 3. The summed E-state index contributed by atoms with van der Waals surface area (Å²) in [6.45, 7) is 2.67. The van der Waals surface area contributed by atoms with Gasteiger partial charge < -0.3 is 10.1 Å². The number of halogens is 1. The average Bonchev–Trinajstić information content (AvgIpc) is 2.44. The van der Waals surface area contributed by atoms with Crippen LogP contribution < -0.4 is 10.1 Å². The lowest BCUT2D eigenvalue weighted by atomic mass is 10.0. The van der Waals surface area contributed by atoms with Gasteiger partial charge in [0, 0.05) is 10.7 Å². The molecule has 1 atom stereocenters. The molecule has 0 fully saturated rings. The first-order chi connectivity index (χ1) is 9.24. The van der Waals surface area contributed by atoms with Gasteiger partial charge in [0.15, 0.2) is 0 Å². The topological polar surface area (TPSA) is 34.1 Å². The molecule has 0 radical (unpaired) electrons. The standard InChI is InChI=1S/C15H17BrN2O/c1-3-19-13-7-4-11(5-8-13)15(17-2)14-9-6-12(16)10-18-14/h4-10,15,17H,3H2,1-2H3. The van der Waals surface area contributed by atoms with Crippen LogP contribution in [0.5, 0.6) is 5.75 Å². The largest absolute Gasteiger partial charge is 0.494 e. The van der Waals surface area contributed by atoms with Gasteiger partial charge in [0.25, 0.3) is 0 Å². The Bertz CT molecular complexity index is 511. The van der Waals surface area contributed by atoms with Crippen molar-refractivity contribution in [2.45, 2.75) is 13.0 Å². The number of aromatic nitrogens is 1. The first kappa shape index (κ1) is 14.0. The van der Waals surface area contributed by atoms with Crippen LogP contribution in [-0.4, -0.2) is 18.6 Å². The van der Waals surface area contributed by atoms with Crippen molar-refractivity contribution in [2.75, 3.05) is 13.7 Å². The highest BCUT2D eigenvalue weighted by Gasteiger charge is 2.13. The van der Waals surface area contributed by atoms with Crippen molar-refractivity contribution in [3.8, 4) is 5.75 Å². The van der Waals surface area contributed by atoms with Crippen molar-refractivity contribution in [1.29, 1.82) is 0 Å². The molecule has 1 heterocycles. The van der Waals surface area contributed by atoms with E-state index in [2.05, 4.69) is 38.4 Å². The second-order valence-corrected chi connectivity index (χ2v) is 5.04. The van der Waals surface area contributed by atoms with E-state index in [0.29, 0.717) is 6.61 Å². The monoisotopic (exact) mass is 320 g/mol. The summed E-state index contributed by atoms with van der Waals surface area (Å²) in [5.41, 5.74) is 2.16. The van der Waals surface area contributed by atoms with Crippen LogP contribution in [0, 0.1) is 0 Å². The van der Waals surface area contributed by atoms with Gasteiger partial charge in [0.1, 0.15) is 5.75 Å². The predicted octanol–water partition coefficient (Wildman–Crippen LogP) is 3.55. The van der Waals surface area contributed by atoms with Gasteiger partial charge in [0.2, 0.25) is 0 Å². The Balaban J connectivity index is 2.23. The molecule has 0 bridgehead atoms. The Morgan fingerprint density at radius 2 is 1.95 bits per heavy atom. The smallest absolute Gasteiger partial charge is 0.119 e. The van der Waals surface area contributed by atoms with Gasteiger partial charge in [-0.25, -0.2) is 0 Å². The third-order valence-electron chi connectivity index (χ3n) is 2.86. The molecule has 0 saturated carbocycles. The summed E-state index contributed by atoms with van der Waals surface area (Å²) in [7, 11) is 1.94. The lowest BCUT2D eigenvalue weighted by molar-refractivity contribution is 0.340. The molecule has 2 rings (SSSR count). The van der Waals surface area contributed by atoms with E-state index in [1.54, 1.807) is 0 Å². The van der Waals surface area contributed by atoms with Crippen molar-refractivity contribution >= 4 is 15.9 Å². The molecule has 1 unspecified atom stereocenters. The van der Waals surface area contributed by atoms with E-state index in [0.717, 1.165) is 15.9 Å². The third-order valence-corrected chi connectivity index (χ3v) is 3.33. The summed E-state index contributed by atoms with van der Waals surface area (Å²) in [4.78, 5) is 4.44. The number of nitrogens with zero attached hydrogens (tertiary/aromatic N) is 1. The molecule has 0 aliphatic heterocycles. The molecular weight excluding hydrogens is 304 g/mol. The van der Waals surface area contributed by atoms with E-state index < -0.39 is 0 Å². The normalized spacial score (nSPS) is 12.2. The first-order valence-corrected chi connectivity index (χ1v) is 7.05. The van der Waals surface area contributed by atoms with Crippen LogP contribution in [0.25, 0.3) is 0 Å². The highest BCUT2D eigenvalue weighted by atomic mass is 79.9. The minimum Gasteiger partial charge on any atom is -0.494 e. The molecule has 0 aliphatic rings. The number of rotatable bonds is 5. The van der Waals surface area contributed by atoms with Crippen LogP contribution in [-0.2, 0) is 0 Å². The Morgan fingerprint density at radius 1 is 1.21 bits per heavy atom. The Morgan fingerprint density at radius 3 is 2.47 bits per heavy atom. The van der Waals surface area contributed by atoms with Gasteiger partial charge in [-0.2, -0.15) is 0 Å². The summed E-state index contributed by atoms with van der Waals surface area (Å²) in [5, 5.41) is 3.29. The van der Waals surface area contributed by atoms with Crippen LogP contribution in [0.3, 0.4) is 0 Å². The lowest BCUT2D eigenvalue weighted by Crippen LogP contribution is -2.18. The molecule has 1 aromatic carbocycles. The summed E-state index contributed by atoms with van der Waals surface area (Å²) in [6, 6.07) is 12.2. The summed E-state index contributed by atoms with van der Waals surface area (Å²) in [5.74, 6) is 0.893. The molecule has 0 amide bonds. The first-order valence-electron chi connectivity index (χ1n) is 6.26. The predicted molar refractivity (Wildman–Crippen MR) is 80.5 cm³/mol. The molecular formula is C15H17BrN2O. The highest BCUT2D eigenvalue weighted by molar-refractivity contribution is 9.10. The fourth-order valence-corrected chi connectivity index (χ4v) is 2.20. The molecule has 100 valence electrons. The summed E-state index contributed by atoms with van der Waals surface area (Å²) < 4.78 is 6.44. The van der Waals surface area contributed by atoms with Gasteiger partial charge >= 0.3 is 0 Å². The van der Waals surface area contributed by atoms with E-state index in [-0.39, 0.29) is 6.04 Å². The Labute approximate surface area is 122 Å². The maximum atomic E-state index is 5.45. The van der Waals surface area contributed by atoms with Gasteiger partial charge in [-0.15, -0.1) is 0 Å². The zero-order valence-corrected chi connectivity index (χ0v) is 12.6. The van der Waals surface area contributed by atoms with Gasteiger partial charge in [-0.3, -0.25) is 4.98 Å². The number of ether oxygens (including phenoxy) is 1. The van der Waals surface area contributed by atoms with Gasteiger partial charge in [0.05, 0.1) is 18.3 Å². The fourth-order valence-electron chi connectivity index (χ4n) is 1.97. The summed E-state index contributed by atoms with van der Waals surface area (Å²) >= 11 is 3.40. The molecule has 3 nitrogen and oxygen atoms in total. The zero-order chi connectivity index (χ0) is 13.7. The molecule has 1 N–H and O–H groups in total. The number of pyridine rings is 1. The maximum Gasteiger partial charge on any atom is 0.119 e. The third kappa shape index (κ3) is 3.55. The number of nitrogens with one attached hydrogen (secondary N) is 1. The lowest BCUT2D eigenvalue weighted by Gasteiger charge is -2.16. The second-order valence-electron chi connectivity index (χ2n) is 4.13. The van der Waals surface area contributed by atoms with E-state index >= 15 is 0 Å². The minimum absolute atomic E-state index is 0.0868. The van der Waals surface area contributed by atoms with Gasteiger partial charge in [-0.05, 0) is 59.7 Å². The number of hydrogen-bond donors (Lipinski definition) is 1. The molecule has 4 heteroatoms. The summed E-state index contributed by atoms with van der Waals surface area (Å²) in [6.07, 6.45) is 1.81. The highest BCUT2D eigenvalue weighted by Crippen LogP contribution is 2.23. The van der Waals surface area contributed by atoms with E-state index in [1.807, 2.05) is 44.4 Å². The van der Waals surface area contributed by atoms with Crippen LogP contribution in [0.4, 0.5) is 0 Å². The molecule has 2 aromatic rings. The van der Waals surface area contributed by atoms with Crippen molar-refractivity contribution in [1.82, 2.24) is 10.3 Å². The van der Waals surface area contributed by atoms with Crippen LogP contribution in [0.1, 0.15) is 24.2 Å². The van der Waals surface area contributed by atoms with E-state index in [1.165, 1.54) is 5.56 Å². The molecule has 0 spiro atoms. The Hall–Kier alpha value is -1.39. The Kier molecular flexibility index (Phi) is 4.93. The van der Waals surface area contributed by atoms with E-state index in [4.69, 9.17) is 4.74 Å². The van der Waals surface area contributed by atoms with Crippen molar-refractivity contribution < 1.29 is 4.74 Å². The molecule has 1 aromatic heterocycles. The quantitative estimate of drug-likeness (QED) is 0.914. The number of benzene rings is 1. The minimum atomic E-state index is 0.0868. The van der Waals surface area contributed by atoms with E-state index in [9.17, 15) is 0 Å². The van der Waals surface area contributed by atoms with Crippen molar-refractivity contribution in [2.24, 2.45) is 0 Å². The maximum absolute atomic E-state index is 5.45. The second kappa shape index (κ2) is 6.68. The van der Waals surface area contributed by atoms with Crippen molar-refractivity contribution in [3.05, 3.63) is 58.3 Å². The van der Waals surface area contributed by atoms with Gasteiger partial charge in [-0.1, -0.05) is 12.1 Å². The molecule has 0 saturated heterocycles. The van der Waals surface area contributed by atoms with Crippen molar-refractivity contribution in [3.63, 3.8) is 0 Å². The average molecular weight is 321 g/mol. The van der Waals surface area contributed by atoms with Crippen LogP contribution >= 0.6 is 15.9 Å². The zero-order valence-electron chi connectivity index (χ0n) is 11.1. The molecule has 0 aliphatic carbocycles.